The monoisotopic (exact) mass is 344 g/mol. The van der Waals surface area contributed by atoms with E-state index in [2.05, 4.69) is 9.71 Å². The summed E-state index contributed by atoms with van der Waals surface area (Å²) in [5, 5.41) is 0. The minimum atomic E-state index is -3.64. The SMILES string of the molecule is NC(=O)c1ccc(S(=O)(=O)NCCc2cn3ccccc3n2)cc1. The van der Waals surface area contributed by atoms with Gasteiger partial charge in [-0.15, -0.1) is 0 Å². The Morgan fingerprint density at radius 3 is 2.58 bits per heavy atom. The molecule has 124 valence electrons. The Balaban J connectivity index is 1.65. The fourth-order valence-corrected chi connectivity index (χ4v) is 3.33. The molecule has 1 aromatic carbocycles. The minimum Gasteiger partial charge on any atom is -0.366 e. The van der Waals surface area contributed by atoms with Gasteiger partial charge in [-0.2, -0.15) is 0 Å². The molecule has 7 nitrogen and oxygen atoms in total. The van der Waals surface area contributed by atoms with E-state index < -0.39 is 15.9 Å². The van der Waals surface area contributed by atoms with Crippen molar-refractivity contribution in [2.45, 2.75) is 11.3 Å². The summed E-state index contributed by atoms with van der Waals surface area (Å²) < 4.78 is 28.9. The third-order valence-corrected chi connectivity index (χ3v) is 5.01. The highest BCUT2D eigenvalue weighted by molar-refractivity contribution is 7.89. The molecule has 0 aliphatic heterocycles. The highest BCUT2D eigenvalue weighted by Gasteiger charge is 2.14. The Labute approximate surface area is 139 Å². The molecule has 0 aliphatic carbocycles. The van der Waals surface area contributed by atoms with E-state index in [-0.39, 0.29) is 17.0 Å². The maximum absolute atomic E-state index is 12.2. The number of nitrogens with zero attached hydrogens (tertiary/aromatic N) is 2. The average molecular weight is 344 g/mol. The molecule has 24 heavy (non-hydrogen) atoms. The summed E-state index contributed by atoms with van der Waals surface area (Å²) in [6, 6.07) is 11.2. The van der Waals surface area contributed by atoms with Gasteiger partial charge in [-0.05, 0) is 36.4 Å². The van der Waals surface area contributed by atoms with Gasteiger partial charge in [0.1, 0.15) is 5.65 Å². The standard InChI is InChI=1S/C16H16N4O3S/c17-16(21)12-4-6-14(7-5-12)24(22,23)18-9-8-13-11-20-10-2-1-3-15(20)19-13/h1-7,10-11,18H,8-9H2,(H2,17,21). The number of primary amides is 1. The van der Waals surface area contributed by atoms with Gasteiger partial charge in [-0.1, -0.05) is 6.07 Å². The molecule has 0 spiro atoms. The van der Waals surface area contributed by atoms with Crippen molar-refractivity contribution in [1.29, 1.82) is 0 Å². The number of imidazole rings is 1. The molecule has 3 rings (SSSR count). The van der Waals surface area contributed by atoms with Crippen molar-refractivity contribution in [3.05, 3.63) is 66.1 Å². The molecule has 0 saturated heterocycles. The Morgan fingerprint density at radius 2 is 1.92 bits per heavy atom. The zero-order chi connectivity index (χ0) is 17.2. The van der Waals surface area contributed by atoms with Crippen LogP contribution >= 0.6 is 0 Å². The van der Waals surface area contributed by atoms with Crippen molar-refractivity contribution < 1.29 is 13.2 Å². The van der Waals surface area contributed by atoms with Gasteiger partial charge in [0.25, 0.3) is 0 Å². The Morgan fingerprint density at radius 1 is 1.17 bits per heavy atom. The molecule has 2 aromatic heterocycles. The van der Waals surface area contributed by atoms with E-state index in [1.54, 1.807) is 0 Å². The van der Waals surface area contributed by atoms with Crippen molar-refractivity contribution >= 4 is 21.6 Å². The molecule has 0 aliphatic rings. The van der Waals surface area contributed by atoms with Crippen LogP contribution in [0.25, 0.3) is 5.65 Å². The molecular formula is C16H16N4O3S. The van der Waals surface area contributed by atoms with Crippen LogP contribution in [0.3, 0.4) is 0 Å². The number of fused-ring (bicyclic) bond motifs is 1. The average Bonchev–Trinajstić information content (AvgIpc) is 2.97. The third-order valence-electron chi connectivity index (χ3n) is 3.54. The predicted octanol–water partition coefficient (Wildman–Crippen LogP) is 0.954. The van der Waals surface area contributed by atoms with Crippen molar-refractivity contribution in [3.63, 3.8) is 0 Å². The second-order valence-corrected chi connectivity index (χ2v) is 7.00. The first-order valence-electron chi connectivity index (χ1n) is 7.28. The number of hydrogen-bond acceptors (Lipinski definition) is 4. The normalized spacial score (nSPS) is 11.7. The van der Waals surface area contributed by atoms with Crippen LogP contribution in [0.4, 0.5) is 0 Å². The molecule has 0 atom stereocenters. The zero-order valence-corrected chi connectivity index (χ0v) is 13.5. The van der Waals surface area contributed by atoms with Crippen molar-refractivity contribution in [1.82, 2.24) is 14.1 Å². The van der Waals surface area contributed by atoms with Crippen molar-refractivity contribution in [2.24, 2.45) is 5.73 Å². The lowest BCUT2D eigenvalue weighted by Gasteiger charge is -2.06. The van der Waals surface area contributed by atoms with Gasteiger partial charge in [-0.3, -0.25) is 4.79 Å². The first-order valence-corrected chi connectivity index (χ1v) is 8.76. The number of pyridine rings is 1. The number of benzene rings is 1. The van der Waals surface area contributed by atoms with Gasteiger partial charge >= 0.3 is 0 Å². The summed E-state index contributed by atoms with van der Waals surface area (Å²) in [6.45, 7) is 0.226. The molecule has 3 aromatic rings. The number of sulfonamides is 1. The molecule has 1 amide bonds. The predicted molar refractivity (Wildman–Crippen MR) is 89.0 cm³/mol. The van der Waals surface area contributed by atoms with Crippen molar-refractivity contribution in [2.75, 3.05) is 6.54 Å². The van der Waals surface area contributed by atoms with Crippen LogP contribution in [-0.4, -0.2) is 30.3 Å². The fraction of sp³-hybridized carbons (Fsp3) is 0.125. The molecule has 0 saturated carbocycles. The lowest BCUT2D eigenvalue weighted by atomic mass is 10.2. The molecule has 2 heterocycles. The lowest BCUT2D eigenvalue weighted by Crippen LogP contribution is -2.26. The quantitative estimate of drug-likeness (QED) is 0.694. The van der Waals surface area contributed by atoms with Gasteiger partial charge in [0.15, 0.2) is 0 Å². The summed E-state index contributed by atoms with van der Waals surface area (Å²) in [4.78, 5) is 15.5. The van der Waals surface area contributed by atoms with Crippen LogP contribution < -0.4 is 10.5 Å². The van der Waals surface area contributed by atoms with Gasteiger partial charge in [0, 0.05) is 30.9 Å². The maximum Gasteiger partial charge on any atom is 0.248 e. The first-order chi connectivity index (χ1) is 11.5. The molecule has 0 fully saturated rings. The number of aromatic nitrogens is 2. The van der Waals surface area contributed by atoms with E-state index in [9.17, 15) is 13.2 Å². The second kappa shape index (κ2) is 6.42. The number of amides is 1. The molecule has 0 bridgehead atoms. The number of hydrogen-bond donors (Lipinski definition) is 2. The number of carbonyl (C=O) groups is 1. The Bertz CT molecular complexity index is 945. The highest BCUT2D eigenvalue weighted by atomic mass is 32.2. The number of nitrogens with two attached hydrogens (primary N) is 1. The van der Waals surface area contributed by atoms with Crippen LogP contribution in [0.5, 0.6) is 0 Å². The van der Waals surface area contributed by atoms with Gasteiger partial charge in [-0.25, -0.2) is 18.1 Å². The number of rotatable bonds is 6. The minimum absolute atomic E-state index is 0.0856. The lowest BCUT2D eigenvalue weighted by molar-refractivity contribution is 0.1000. The van der Waals surface area contributed by atoms with Gasteiger partial charge in [0.2, 0.25) is 15.9 Å². The Hall–Kier alpha value is -2.71. The van der Waals surface area contributed by atoms with Crippen LogP contribution in [0.15, 0.2) is 59.8 Å². The van der Waals surface area contributed by atoms with Crippen LogP contribution in [-0.2, 0) is 16.4 Å². The topological polar surface area (TPSA) is 107 Å². The van der Waals surface area contributed by atoms with Crippen LogP contribution in [0.1, 0.15) is 16.1 Å². The zero-order valence-electron chi connectivity index (χ0n) is 12.7. The molecule has 3 N–H and O–H groups in total. The summed E-state index contributed by atoms with van der Waals surface area (Å²) in [7, 11) is -3.64. The molecule has 8 heteroatoms. The van der Waals surface area contributed by atoms with Gasteiger partial charge in [0.05, 0.1) is 10.6 Å². The van der Waals surface area contributed by atoms with E-state index in [0.717, 1.165) is 11.3 Å². The third kappa shape index (κ3) is 3.44. The van der Waals surface area contributed by atoms with Gasteiger partial charge < -0.3 is 10.1 Å². The summed E-state index contributed by atoms with van der Waals surface area (Å²) >= 11 is 0. The van der Waals surface area contributed by atoms with Crippen LogP contribution in [0, 0.1) is 0 Å². The molecule has 0 radical (unpaired) electrons. The highest BCUT2D eigenvalue weighted by Crippen LogP contribution is 2.11. The fourth-order valence-electron chi connectivity index (χ4n) is 2.30. The second-order valence-electron chi connectivity index (χ2n) is 5.23. The maximum atomic E-state index is 12.2. The van der Waals surface area contributed by atoms with Crippen molar-refractivity contribution in [3.8, 4) is 0 Å². The van der Waals surface area contributed by atoms with E-state index >= 15 is 0 Å². The summed E-state index contributed by atoms with van der Waals surface area (Å²) in [6.07, 6.45) is 4.22. The van der Waals surface area contributed by atoms with E-state index in [1.165, 1.54) is 24.3 Å². The smallest absolute Gasteiger partial charge is 0.248 e. The van der Waals surface area contributed by atoms with E-state index in [1.807, 2.05) is 35.0 Å². The van der Waals surface area contributed by atoms with Crippen LogP contribution in [0.2, 0.25) is 0 Å². The van der Waals surface area contributed by atoms with E-state index in [4.69, 9.17) is 5.73 Å². The van der Waals surface area contributed by atoms with E-state index in [0.29, 0.717) is 6.42 Å². The number of nitrogens with one attached hydrogen (secondary N) is 1. The molecular weight excluding hydrogens is 328 g/mol. The molecule has 0 unspecified atom stereocenters. The first kappa shape index (κ1) is 16.2. The number of carbonyl (C=O) groups excluding carboxylic acids is 1. The summed E-state index contributed by atoms with van der Waals surface area (Å²) in [5.74, 6) is -0.598. The Kier molecular flexibility index (Phi) is 4.32. The largest absolute Gasteiger partial charge is 0.366 e. The summed E-state index contributed by atoms with van der Waals surface area (Å²) in [5.41, 5.74) is 7.02.